The van der Waals surface area contributed by atoms with E-state index >= 15 is 0 Å². The first kappa shape index (κ1) is 9.34. The average Bonchev–Trinajstić information content (AvgIpc) is 2.05. The molecule has 5 heteroatoms. The molecule has 0 saturated carbocycles. The van der Waals surface area contributed by atoms with Gasteiger partial charge < -0.3 is 14.0 Å². The SMILES string of the molecule is CO[Si](O)(O)c1cccc(F)c1. The Hall–Kier alpha value is -0.753. The van der Waals surface area contributed by atoms with Crippen LogP contribution in [0.2, 0.25) is 0 Å². The Morgan fingerprint density at radius 3 is 2.58 bits per heavy atom. The van der Waals surface area contributed by atoms with E-state index in [0.717, 1.165) is 6.07 Å². The monoisotopic (exact) mass is 188 g/mol. The Morgan fingerprint density at radius 1 is 1.42 bits per heavy atom. The van der Waals surface area contributed by atoms with Crippen LogP contribution in [-0.4, -0.2) is 25.5 Å². The molecule has 0 fully saturated rings. The molecule has 0 amide bonds. The molecular weight excluding hydrogens is 179 g/mol. The van der Waals surface area contributed by atoms with E-state index in [2.05, 4.69) is 4.43 Å². The quantitative estimate of drug-likeness (QED) is 0.621. The molecule has 3 nitrogen and oxygen atoms in total. The van der Waals surface area contributed by atoms with Gasteiger partial charge in [0.1, 0.15) is 5.82 Å². The number of benzene rings is 1. The van der Waals surface area contributed by atoms with Crippen LogP contribution in [0, 0.1) is 5.82 Å². The van der Waals surface area contributed by atoms with Crippen LogP contribution in [0.1, 0.15) is 0 Å². The second-order valence-corrected chi connectivity index (χ2v) is 4.52. The molecule has 0 aliphatic rings. The van der Waals surface area contributed by atoms with Gasteiger partial charge in [0.25, 0.3) is 0 Å². The van der Waals surface area contributed by atoms with Crippen molar-refractivity contribution >= 4 is 14.0 Å². The lowest BCUT2D eigenvalue weighted by Crippen LogP contribution is -2.50. The number of hydrogen-bond donors (Lipinski definition) is 2. The van der Waals surface area contributed by atoms with E-state index in [1.807, 2.05) is 0 Å². The molecule has 0 saturated heterocycles. The van der Waals surface area contributed by atoms with E-state index < -0.39 is 14.6 Å². The van der Waals surface area contributed by atoms with Crippen LogP contribution in [0.15, 0.2) is 24.3 Å². The molecule has 1 aromatic carbocycles. The maximum atomic E-state index is 12.6. The van der Waals surface area contributed by atoms with Gasteiger partial charge in [-0.3, -0.25) is 0 Å². The number of rotatable bonds is 2. The molecule has 1 rings (SSSR count). The Kier molecular flexibility index (Phi) is 2.58. The van der Waals surface area contributed by atoms with Crippen molar-refractivity contribution in [3.63, 3.8) is 0 Å². The number of hydrogen-bond acceptors (Lipinski definition) is 3. The van der Waals surface area contributed by atoms with E-state index in [4.69, 9.17) is 0 Å². The Balaban J connectivity index is 3.03. The highest BCUT2D eigenvalue weighted by atomic mass is 28.4. The van der Waals surface area contributed by atoms with Gasteiger partial charge in [-0.25, -0.2) is 4.39 Å². The standard InChI is InChI=1S/C7H9FO3Si/c1-11-12(9,10)7-4-2-3-6(8)5-7/h2-5,9-10H,1H3. The predicted octanol–water partition coefficient (Wildman–Crippen LogP) is -0.397. The molecule has 0 heterocycles. The first-order chi connectivity index (χ1) is 5.56. The molecular formula is C7H9FO3Si. The maximum Gasteiger partial charge on any atom is 0.531 e. The zero-order valence-electron chi connectivity index (χ0n) is 6.49. The van der Waals surface area contributed by atoms with E-state index in [0.29, 0.717) is 0 Å². The molecule has 0 aliphatic carbocycles. The smallest absolute Gasteiger partial charge is 0.386 e. The van der Waals surface area contributed by atoms with Gasteiger partial charge in [0.05, 0.1) is 0 Å². The molecule has 0 bridgehead atoms. The fourth-order valence-electron chi connectivity index (χ4n) is 0.809. The van der Waals surface area contributed by atoms with Crippen LogP contribution in [0.3, 0.4) is 0 Å². The lowest BCUT2D eigenvalue weighted by atomic mass is 10.3. The summed E-state index contributed by atoms with van der Waals surface area (Å²) in [7, 11) is -2.65. The van der Waals surface area contributed by atoms with Crippen molar-refractivity contribution in [1.82, 2.24) is 0 Å². The van der Waals surface area contributed by atoms with Crippen molar-refractivity contribution < 1.29 is 18.4 Å². The van der Waals surface area contributed by atoms with Crippen molar-refractivity contribution in [2.75, 3.05) is 7.11 Å². The van der Waals surface area contributed by atoms with Crippen molar-refractivity contribution in [1.29, 1.82) is 0 Å². The molecule has 1 aromatic rings. The van der Waals surface area contributed by atoms with Crippen LogP contribution in [0.25, 0.3) is 0 Å². The molecule has 0 spiro atoms. The Morgan fingerprint density at radius 2 is 2.08 bits per heavy atom. The summed E-state index contributed by atoms with van der Waals surface area (Å²) in [6.07, 6.45) is 0. The van der Waals surface area contributed by atoms with E-state index in [1.165, 1.54) is 25.3 Å². The normalized spacial score (nSPS) is 11.7. The molecule has 0 unspecified atom stereocenters. The fourth-order valence-corrected chi connectivity index (χ4v) is 1.68. The second-order valence-electron chi connectivity index (χ2n) is 2.32. The van der Waals surface area contributed by atoms with Gasteiger partial charge in [-0.1, -0.05) is 12.1 Å². The molecule has 0 atom stereocenters. The molecule has 12 heavy (non-hydrogen) atoms. The summed E-state index contributed by atoms with van der Waals surface area (Å²) >= 11 is 0. The molecule has 0 radical (unpaired) electrons. The lowest BCUT2D eigenvalue weighted by molar-refractivity contribution is 0.204. The van der Waals surface area contributed by atoms with Crippen molar-refractivity contribution in [2.24, 2.45) is 0 Å². The van der Waals surface area contributed by atoms with E-state index in [1.54, 1.807) is 0 Å². The zero-order valence-corrected chi connectivity index (χ0v) is 7.49. The second kappa shape index (κ2) is 3.32. The van der Waals surface area contributed by atoms with Gasteiger partial charge in [-0.15, -0.1) is 0 Å². The minimum atomic E-state index is -3.82. The van der Waals surface area contributed by atoms with Gasteiger partial charge in [0, 0.05) is 12.3 Å². The third-order valence-corrected chi connectivity index (χ3v) is 3.12. The van der Waals surface area contributed by atoms with Gasteiger partial charge in [0.15, 0.2) is 0 Å². The first-order valence-corrected chi connectivity index (χ1v) is 5.12. The van der Waals surface area contributed by atoms with Gasteiger partial charge >= 0.3 is 8.80 Å². The van der Waals surface area contributed by atoms with Gasteiger partial charge in [0.2, 0.25) is 0 Å². The highest BCUT2D eigenvalue weighted by Crippen LogP contribution is 1.99. The predicted molar refractivity (Wildman–Crippen MR) is 43.2 cm³/mol. The average molecular weight is 188 g/mol. The highest BCUT2D eigenvalue weighted by molar-refractivity contribution is 6.72. The summed E-state index contributed by atoms with van der Waals surface area (Å²) in [5, 5.41) is 0.102. The molecule has 0 aromatic heterocycles. The third-order valence-electron chi connectivity index (χ3n) is 1.49. The summed E-state index contributed by atoms with van der Waals surface area (Å²) < 4.78 is 17.0. The topological polar surface area (TPSA) is 49.7 Å². The number of halogens is 1. The fraction of sp³-hybridized carbons (Fsp3) is 0.143. The largest absolute Gasteiger partial charge is 0.531 e. The first-order valence-electron chi connectivity index (χ1n) is 3.32. The molecule has 66 valence electrons. The van der Waals surface area contributed by atoms with Crippen LogP contribution >= 0.6 is 0 Å². The van der Waals surface area contributed by atoms with E-state index in [-0.39, 0.29) is 5.19 Å². The molecule has 0 aliphatic heterocycles. The highest BCUT2D eigenvalue weighted by Gasteiger charge is 2.33. The van der Waals surface area contributed by atoms with Crippen LogP contribution < -0.4 is 5.19 Å². The lowest BCUT2D eigenvalue weighted by Gasteiger charge is -2.14. The zero-order chi connectivity index (χ0) is 9.19. The minimum Gasteiger partial charge on any atom is -0.386 e. The van der Waals surface area contributed by atoms with Crippen molar-refractivity contribution in [3.8, 4) is 0 Å². The van der Waals surface area contributed by atoms with Crippen LogP contribution in [0.4, 0.5) is 4.39 Å². The third kappa shape index (κ3) is 1.89. The van der Waals surface area contributed by atoms with Gasteiger partial charge in [-0.05, 0) is 12.1 Å². The van der Waals surface area contributed by atoms with Crippen molar-refractivity contribution in [3.05, 3.63) is 30.1 Å². The summed E-state index contributed by atoms with van der Waals surface area (Å²) in [4.78, 5) is 18.4. The maximum absolute atomic E-state index is 12.6. The van der Waals surface area contributed by atoms with Crippen molar-refractivity contribution in [2.45, 2.75) is 0 Å². The van der Waals surface area contributed by atoms with Gasteiger partial charge in [-0.2, -0.15) is 0 Å². The summed E-state index contributed by atoms with van der Waals surface area (Å²) in [5.41, 5.74) is 0. The Bertz CT molecular complexity index is 277. The molecule has 2 N–H and O–H groups in total. The summed E-state index contributed by atoms with van der Waals surface area (Å²) in [5.74, 6) is -0.510. The summed E-state index contributed by atoms with van der Waals surface area (Å²) in [6.45, 7) is 0. The summed E-state index contributed by atoms with van der Waals surface area (Å²) in [6, 6.07) is 5.09. The van der Waals surface area contributed by atoms with Crippen LogP contribution in [0.5, 0.6) is 0 Å². The van der Waals surface area contributed by atoms with E-state index in [9.17, 15) is 14.0 Å². The Labute approximate surface area is 70.4 Å². The minimum absolute atomic E-state index is 0.102. The van der Waals surface area contributed by atoms with Crippen LogP contribution in [-0.2, 0) is 4.43 Å².